The third kappa shape index (κ3) is 9.20. The summed E-state index contributed by atoms with van der Waals surface area (Å²) in [6, 6.07) is 13.7. The number of amides is 4. The zero-order valence-corrected chi connectivity index (χ0v) is 27.7. The van der Waals surface area contributed by atoms with Crippen LogP contribution in [0.5, 0.6) is 5.75 Å². The highest BCUT2D eigenvalue weighted by Gasteiger charge is 2.41. The average Bonchev–Trinajstić information content (AvgIpc) is 3.51. The molecule has 4 rings (SSSR count). The van der Waals surface area contributed by atoms with Gasteiger partial charge in [-0.1, -0.05) is 56.3 Å². The molecule has 46 heavy (non-hydrogen) atoms. The monoisotopic (exact) mass is 649 g/mol. The lowest BCUT2D eigenvalue weighted by Crippen LogP contribution is -2.60. The van der Waals surface area contributed by atoms with Crippen molar-refractivity contribution in [3.8, 4) is 5.75 Å². The van der Waals surface area contributed by atoms with E-state index in [-0.39, 0.29) is 30.7 Å². The van der Waals surface area contributed by atoms with Gasteiger partial charge in [-0.3, -0.25) is 24.2 Å². The van der Waals surface area contributed by atoms with Crippen LogP contribution in [0.25, 0.3) is 10.8 Å². The second kappa shape index (κ2) is 15.4. The van der Waals surface area contributed by atoms with Crippen molar-refractivity contribution < 1.29 is 29.0 Å². The van der Waals surface area contributed by atoms with E-state index in [0.29, 0.717) is 11.5 Å². The number of aromatic nitrogens is 1. The van der Waals surface area contributed by atoms with E-state index in [1.54, 1.807) is 44.4 Å². The molecule has 246 valence electrons. The minimum absolute atomic E-state index is 0.150. The van der Waals surface area contributed by atoms with E-state index in [0.717, 1.165) is 16.3 Å². The first-order chi connectivity index (χ1) is 21.8. The van der Waals surface area contributed by atoms with Crippen molar-refractivity contribution in [2.45, 2.75) is 70.8 Å². The SMILES string of the molecule is CC(C)[C@H](NC(=O)COc1cccc2cnccc12)C(=O)N[C@@H](Cc1ccccc1)[C@H](O)C(=O)N1CSC[C@H]1C(=O)NC(C)(C)C. The number of nitrogens with zero attached hydrogens (tertiary/aromatic N) is 2. The van der Waals surface area contributed by atoms with Crippen LogP contribution in [0.2, 0.25) is 0 Å². The minimum Gasteiger partial charge on any atom is -0.483 e. The van der Waals surface area contributed by atoms with Crippen LogP contribution in [-0.2, 0) is 25.6 Å². The maximum absolute atomic E-state index is 13.7. The summed E-state index contributed by atoms with van der Waals surface area (Å²) in [7, 11) is 0. The van der Waals surface area contributed by atoms with Crippen LogP contribution in [0, 0.1) is 5.92 Å². The number of fused-ring (bicyclic) bond motifs is 1. The molecule has 1 fully saturated rings. The zero-order chi connectivity index (χ0) is 33.4. The van der Waals surface area contributed by atoms with Gasteiger partial charge in [-0.15, -0.1) is 11.8 Å². The average molecular weight is 650 g/mol. The molecule has 0 bridgehead atoms. The van der Waals surface area contributed by atoms with E-state index >= 15 is 0 Å². The van der Waals surface area contributed by atoms with E-state index in [1.165, 1.54) is 16.7 Å². The lowest BCUT2D eigenvalue weighted by atomic mass is 9.97. The van der Waals surface area contributed by atoms with Crippen molar-refractivity contribution in [1.29, 1.82) is 0 Å². The number of nitrogens with one attached hydrogen (secondary N) is 3. The van der Waals surface area contributed by atoms with Crippen molar-refractivity contribution in [2.75, 3.05) is 18.2 Å². The van der Waals surface area contributed by atoms with Gasteiger partial charge < -0.3 is 30.7 Å². The Morgan fingerprint density at radius 3 is 2.48 bits per heavy atom. The van der Waals surface area contributed by atoms with Crippen LogP contribution in [-0.4, -0.2) is 86.6 Å². The second-order valence-corrected chi connectivity index (χ2v) is 13.7. The summed E-state index contributed by atoms with van der Waals surface area (Å²) in [5.74, 6) is -1.17. The maximum atomic E-state index is 13.7. The highest BCUT2D eigenvalue weighted by Crippen LogP contribution is 2.25. The van der Waals surface area contributed by atoms with Gasteiger partial charge >= 0.3 is 0 Å². The van der Waals surface area contributed by atoms with Crippen LogP contribution in [0.1, 0.15) is 40.2 Å². The van der Waals surface area contributed by atoms with Gasteiger partial charge in [0.2, 0.25) is 11.8 Å². The summed E-state index contributed by atoms with van der Waals surface area (Å²) in [5.41, 5.74) is 0.302. The van der Waals surface area contributed by atoms with Crippen LogP contribution in [0.15, 0.2) is 67.0 Å². The highest BCUT2D eigenvalue weighted by atomic mass is 32.2. The molecule has 1 saturated heterocycles. The Morgan fingerprint density at radius 1 is 1.04 bits per heavy atom. The Bertz CT molecular complexity index is 1520. The molecule has 4 amide bonds. The number of aliphatic hydroxyl groups is 1. The summed E-state index contributed by atoms with van der Waals surface area (Å²) in [6.07, 6.45) is 1.86. The fraction of sp³-hybridized carbons (Fsp3) is 0.441. The Balaban J connectivity index is 1.47. The predicted octanol–water partition coefficient (Wildman–Crippen LogP) is 2.66. The predicted molar refractivity (Wildman–Crippen MR) is 178 cm³/mol. The first-order valence-electron chi connectivity index (χ1n) is 15.3. The maximum Gasteiger partial charge on any atom is 0.258 e. The molecule has 1 aliphatic heterocycles. The summed E-state index contributed by atoms with van der Waals surface area (Å²) in [6.45, 7) is 8.83. The Kier molecular flexibility index (Phi) is 11.6. The topological polar surface area (TPSA) is 150 Å². The number of benzene rings is 2. The molecule has 2 aromatic carbocycles. The Morgan fingerprint density at radius 2 is 1.78 bits per heavy atom. The van der Waals surface area contributed by atoms with Gasteiger partial charge in [0, 0.05) is 34.5 Å². The summed E-state index contributed by atoms with van der Waals surface area (Å²) < 4.78 is 5.79. The number of pyridine rings is 1. The normalized spacial score (nSPS) is 16.8. The van der Waals surface area contributed by atoms with E-state index in [9.17, 15) is 24.3 Å². The quantitative estimate of drug-likeness (QED) is 0.234. The van der Waals surface area contributed by atoms with Gasteiger partial charge in [-0.25, -0.2) is 0 Å². The van der Waals surface area contributed by atoms with Gasteiger partial charge in [-0.05, 0) is 50.8 Å². The molecule has 0 spiro atoms. The molecule has 1 aliphatic rings. The molecule has 3 aromatic rings. The number of aliphatic hydroxyl groups excluding tert-OH is 1. The van der Waals surface area contributed by atoms with Crippen molar-refractivity contribution in [3.05, 3.63) is 72.6 Å². The van der Waals surface area contributed by atoms with Gasteiger partial charge in [0.1, 0.15) is 17.8 Å². The molecule has 4 N–H and O–H groups in total. The zero-order valence-electron chi connectivity index (χ0n) is 26.9. The van der Waals surface area contributed by atoms with E-state index in [1.807, 2.05) is 57.2 Å². The molecule has 11 nitrogen and oxygen atoms in total. The third-order valence-electron chi connectivity index (χ3n) is 7.49. The molecule has 2 heterocycles. The molecule has 0 saturated carbocycles. The molecule has 1 aromatic heterocycles. The summed E-state index contributed by atoms with van der Waals surface area (Å²) >= 11 is 1.42. The second-order valence-electron chi connectivity index (χ2n) is 12.7. The van der Waals surface area contributed by atoms with Crippen molar-refractivity contribution in [1.82, 2.24) is 25.8 Å². The van der Waals surface area contributed by atoms with Crippen LogP contribution >= 0.6 is 11.8 Å². The molecule has 12 heteroatoms. The molecular weight excluding hydrogens is 606 g/mol. The third-order valence-corrected chi connectivity index (χ3v) is 8.50. The molecule has 0 aliphatic carbocycles. The van der Waals surface area contributed by atoms with E-state index < -0.39 is 47.5 Å². The Hall–Kier alpha value is -4.16. The lowest BCUT2D eigenvalue weighted by Gasteiger charge is -2.32. The molecule has 4 atom stereocenters. The minimum atomic E-state index is -1.64. The molecular formula is C34H43N5O6S. The van der Waals surface area contributed by atoms with Gasteiger partial charge in [0.05, 0.1) is 11.9 Å². The number of carbonyl (C=O) groups excluding carboxylic acids is 4. The number of thioether (sulfide) groups is 1. The first kappa shape index (κ1) is 34.7. The number of rotatable bonds is 12. The van der Waals surface area contributed by atoms with Gasteiger partial charge in [-0.2, -0.15) is 0 Å². The highest BCUT2D eigenvalue weighted by molar-refractivity contribution is 7.99. The number of hydrogen-bond donors (Lipinski definition) is 4. The largest absolute Gasteiger partial charge is 0.483 e. The number of carbonyl (C=O) groups is 4. The Labute approximate surface area is 273 Å². The first-order valence-corrected chi connectivity index (χ1v) is 16.5. The standard InChI is InChI=1S/C34H43N5O6S/c1-21(2)29(37-28(40)18-45-27-13-9-12-23-17-35-15-14-24(23)27)32(43)36-25(16-22-10-7-6-8-11-22)30(41)33(44)39-20-46-19-26(39)31(42)38-34(3,4)5/h6-15,17,21,25-26,29-30,41H,16,18-20H2,1-5H3,(H,36,43)(H,37,40)(H,38,42)/t25-,26-,29-,30-/m0/s1. The van der Waals surface area contributed by atoms with Gasteiger partial charge in [0.25, 0.3) is 11.8 Å². The van der Waals surface area contributed by atoms with Crippen molar-refractivity contribution in [3.63, 3.8) is 0 Å². The van der Waals surface area contributed by atoms with Gasteiger partial charge in [0.15, 0.2) is 12.7 Å². The smallest absolute Gasteiger partial charge is 0.258 e. The fourth-order valence-electron chi connectivity index (χ4n) is 5.17. The fourth-order valence-corrected chi connectivity index (χ4v) is 6.33. The van der Waals surface area contributed by atoms with Crippen LogP contribution < -0.4 is 20.7 Å². The lowest BCUT2D eigenvalue weighted by molar-refractivity contribution is -0.147. The number of hydrogen-bond acceptors (Lipinski definition) is 8. The van der Waals surface area contributed by atoms with Crippen LogP contribution in [0.4, 0.5) is 0 Å². The summed E-state index contributed by atoms with van der Waals surface area (Å²) in [5, 5.41) is 21.6. The van der Waals surface area contributed by atoms with Crippen molar-refractivity contribution in [2.24, 2.45) is 5.92 Å². The van der Waals surface area contributed by atoms with Crippen molar-refractivity contribution >= 4 is 46.2 Å². The van der Waals surface area contributed by atoms with E-state index in [2.05, 4.69) is 20.9 Å². The molecule has 0 unspecified atom stereocenters. The summed E-state index contributed by atoms with van der Waals surface area (Å²) in [4.78, 5) is 58.8. The number of ether oxygens (including phenoxy) is 1. The van der Waals surface area contributed by atoms with E-state index in [4.69, 9.17) is 4.74 Å². The molecule has 0 radical (unpaired) electrons. The van der Waals surface area contributed by atoms with Crippen LogP contribution in [0.3, 0.4) is 0 Å².